The van der Waals surface area contributed by atoms with Crippen molar-refractivity contribution >= 4 is 29.0 Å². The average molecular weight is 344 g/mol. The minimum absolute atomic E-state index is 0.175. The highest BCUT2D eigenvalue weighted by atomic mass is 32.2. The zero-order valence-corrected chi connectivity index (χ0v) is 13.9. The summed E-state index contributed by atoms with van der Waals surface area (Å²) in [4.78, 5) is 26.3. The number of rotatable bonds is 4. The van der Waals surface area contributed by atoms with Crippen LogP contribution in [0, 0.1) is 10.1 Å². The number of fused-ring (bicyclic) bond motifs is 1. The first-order valence-electron chi connectivity index (χ1n) is 7.56. The Morgan fingerprint density at radius 1 is 1.33 bits per heavy atom. The van der Waals surface area contributed by atoms with Crippen molar-refractivity contribution in [3.63, 3.8) is 0 Å². The first-order chi connectivity index (χ1) is 11.6. The predicted molar refractivity (Wildman–Crippen MR) is 93.1 cm³/mol. The molecule has 1 aliphatic rings. The number of para-hydroxylation sites is 1. The number of anilines is 1. The monoisotopic (exact) mass is 344 g/mol. The second-order valence-electron chi connectivity index (χ2n) is 5.15. The van der Waals surface area contributed by atoms with Crippen molar-refractivity contribution in [3.8, 4) is 5.75 Å². The Morgan fingerprint density at radius 2 is 2.12 bits per heavy atom. The molecule has 0 radical (unpaired) electrons. The summed E-state index contributed by atoms with van der Waals surface area (Å²) in [5.74, 6) is 0.726. The highest BCUT2D eigenvalue weighted by Gasteiger charge is 2.26. The van der Waals surface area contributed by atoms with E-state index in [1.54, 1.807) is 29.7 Å². The predicted octanol–water partition coefficient (Wildman–Crippen LogP) is 3.75. The van der Waals surface area contributed by atoms with Gasteiger partial charge in [0.25, 0.3) is 5.91 Å². The quantitative estimate of drug-likeness (QED) is 0.624. The third-order valence-electron chi connectivity index (χ3n) is 3.68. The largest absolute Gasteiger partial charge is 0.487 e. The molecule has 1 aliphatic heterocycles. The van der Waals surface area contributed by atoms with E-state index in [9.17, 15) is 14.9 Å². The molecule has 2 aromatic carbocycles. The van der Waals surface area contributed by atoms with Crippen LogP contribution in [0.25, 0.3) is 0 Å². The van der Waals surface area contributed by atoms with Crippen LogP contribution in [0.2, 0.25) is 0 Å². The molecule has 0 unspecified atom stereocenters. The van der Waals surface area contributed by atoms with Crippen LogP contribution in [0.4, 0.5) is 11.4 Å². The van der Waals surface area contributed by atoms with Crippen molar-refractivity contribution < 1.29 is 14.5 Å². The Kier molecular flexibility index (Phi) is 4.71. The summed E-state index contributed by atoms with van der Waals surface area (Å²) in [6, 6.07) is 12.0. The summed E-state index contributed by atoms with van der Waals surface area (Å²) < 4.78 is 5.26. The van der Waals surface area contributed by atoms with E-state index in [2.05, 4.69) is 0 Å². The standard InChI is InChI=1S/C17H16N2O4S/c1-2-23-15-8-7-12(11-14(15)19(21)22)17(20)18-9-10-24-16-6-4-3-5-13(16)18/h3-8,11H,2,9-10H2,1H3. The van der Waals surface area contributed by atoms with Crippen LogP contribution in [0.15, 0.2) is 47.4 Å². The third-order valence-corrected chi connectivity index (χ3v) is 4.72. The number of nitro groups is 1. The van der Waals surface area contributed by atoms with Gasteiger partial charge >= 0.3 is 5.69 Å². The molecule has 0 atom stereocenters. The summed E-state index contributed by atoms with van der Waals surface area (Å²) in [6.07, 6.45) is 0. The van der Waals surface area contributed by atoms with Crippen LogP contribution in [-0.4, -0.2) is 29.7 Å². The number of ether oxygens (including phenoxy) is 1. The summed E-state index contributed by atoms with van der Waals surface area (Å²) in [5, 5.41) is 11.2. The molecular weight excluding hydrogens is 328 g/mol. The van der Waals surface area contributed by atoms with E-state index in [0.29, 0.717) is 13.2 Å². The van der Waals surface area contributed by atoms with E-state index in [-0.39, 0.29) is 22.9 Å². The molecule has 1 amide bonds. The lowest BCUT2D eigenvalue weighted by Gasteiger charge is -2.29. The lowest BCUT2D eigenvalue weighted by atomic mass is 10.1. The van der Waals surface area contributed by atoms with Gasteiger partial charge in [-0.05, 0) is 31.2 Å². The number of thioether (sulfide) groups is 1. The van der Waals surface area contributed by atoms with Gasteiger partial charge in [-0.1, -0.05) is 12.1 Å². The summed E-state index contributed by atoms with van der Waals surface area (Å²) in [7, 11) is 0. The number of nitrogens with zero attached hydrogens (tertiary/aromatic N) is 2. The lowest BCUT2D eigenvalue weighted by molar-refractivity contribution is -0.385. The second kappa shape index (κ2) is 6.92. The normalized spacial score (nSPS) is 13.3. The molecule has 0 aromatic heterocycles. The maximum absolute atomic E-state index is 12.9. The lowest BCUT2D eigenvalue weighted by Crippen LogP contribution is -2.35. The summed E-state index contributed by atoms with van der Waals surface area (Å²) >= 11 is 1.70. The molecule has 0 spiro atoms. The van der Waals surface area contributed by atoms with Gasteiger partial charge in [0.2, 0.25) is 0 Å². The molecule has 6 nitrogen and oxygen atoms in total. The number of carbonyl (C=O) groups excluding carboxylic acids is 1. The Morgan fingerprint density at radius 3 is 2.88 bits per heavy atom. The molecule has 0 saturated heterocycles. The van der Waals surface area contributed by atoms with Crippen LogP contribution >= 0.6 is 11.8 Å². The molecule has 24 heavy (non-hydrogen) atoms. The van der Waals surface area contributed by atoms with E-state index in [1.165, 1.54) is 12.1 Å². The molecule has 0 saturated carbocycles. The van der Waals surface area contributed by atoms with E-state index >= 15 is 0 Å². The maximum atomic E-state index is 12.9. The minimum Gasteiger partial charge on any atom is -0.487 e. The topological polar surface area (TPSA) is 72.7 Å². The van der Waals surface area contributed by atoms with Gasteiger partial charge in [0.05, 0.1) is 17.2 Å². The van der Waals surface area contributed by atoms with Crippen molar-refractivity contribution in [1.29, 1.82) is 0 Å². The fourth-order valence-electron chi connectivity index (χ4n) is 2.61. The Balaban J connectivity index is 1.96. The maximum Gasteiger partial charge on any atom is 0.311 e. The second-order valence-corrected chi connectivity index (χ2v) is 6.28. The first kappa shape index (κ1) is 16.3. The summed E-state index contributed by atoms with van der Waals surface area (Å²) in [5.41, 5.74) is 0.935. The molecule has 124 valence electrons. The van der Waals surface area contributed by atoms with E-state index < -0.39 is 4.92 Å². The van der Waals surface area contributed by atoms with Crippen LogP contribution in [0.5, 0.6) is 5.75 Å². The molecule has 0 fully saturated rings. The number of nitro benzene ring substituents is 1. The number of benzene rings is 2. The van der Waals surface area contributed by atoms with E-state index in [4.69, 9.17) is 4.74 Å². The zero-order chi connectivity index (χ0) is 17.1. The Labute approximate surface area is 143 Å². The van der Waals surface area contributed by atoms with Crippen molar-refractivity contribution in [2.24, 2.45) is 0 Å². The van der Waals surface area contributed by atoms with Gasteiger partial charge in [-0.25, -0.2) is 0 Å². The van der Waals surface area contributed by atoms with Gasteiger partial charge in [0.1, 0.15) is 0 Å². The minimum atomic E-state index is -0.526. The van der Waals surface area contributed by atoms with Gasteiger partial charge in [-0.2, -0.15) is 0 Å². The smallest absolute Gasteiger partial charge is 0.311 e. The molecule has 3 rings (SSSR count). The highest BCUT2D eigenvalue weighted by molar-refractivity contribution is 7.99. The number of hydrogen-bond donors (Lipinski definition) is 0. The highest BCUT2D eigenvalue weighted by Crippen LogP contribution is 2.36. The van der Waals surface area contributed by atoms with Crippen LogP contribution in [-0.2, 0) is 0 Å². The van der Waals surface area contributed by atoms with Crippen molar-refractivity contribution in [1.82, 2.24) is 0 Å². The fraction of sp³-hybridized carbons (Fsp3) is 0.235. The fourth-order valence-corrected chi connectivity index (χ4v) is 3.60. The Hall–Kier alpha value is -2.54. The van der Waals surface area contributed by atoms with Crippen molar-refractivity contribution in [2.75, 3.05) is 23.8 Å². The molecule has 2 aromatic rings. The summed E-state index contributed by atoms with van der Waals surface area (Å²) in [6.45, 7) is 2.65. The third kappa shape index (κ3) is 3.07. The molecule has 7 heteroatoms. The van der Waals surface area contributed by atoms with Gasteiger partial charge in [-0.15, -0.1) is 11.8 Å². The van der Waals surface area contributed by atoms with Crippen LogP contribution in [0.1, 0.15) is 17.3 Å². The average Bonchev–Trinajstić information content (AvgIpc) is 2.61. The molecule has 1 heterocycles. The van der Waals surface area contributed by atoms with Gasteiger partial charge in [0.15, 0.2) is 5.75 Å². The van der Waals surface area contributed by atoms with Crippen molar-refractivity contribution in [2.45, 2.75) is 11.8 Å². The van der Waals surface area contributed by atoms with Gasteiger partial charge in [0, 0.05) is 28.8 Å². The van der Waals surface area contributed by atoms with E-state index in [1.807, 2.05) is 24.3 Å². The number of carbonyl (C=O) groups is 1. The van der Waals surface area contributed by atoms with Crippen LogP contribution < -0.4 is 9.64 Å². The Bertz CT molecular complexity index is 794. The molecule has 0 bridgehead atoms. The first-order valence-corrected chi connectivity index (χ1v) is 8.55. The van der Waals surface area contributed by atoms with Crippen LogP contribution in [0.3, 0.4) is 0 Å². The SMILES string of the molecule is CCOc1ccc(C(=O)N2CCSc3ccccc32)cc1[N+](=O)[O-]. The molecule has 0 aliphatic carbocycles. The molecule has 0 N–H and O–H groups in total. The number of amides is 1. The molecular formula is C17H16N2O4S. The van der Waals surface area contributed by atoms with E-state index in [0.717, 1.165) is 16.3 Å². The van der Waals surface area contributed by atoms with Crippen molar-refractivity contribution in [3.05, 3.63) is 58.1 Å². The zero-order valence-electron chi connectivity index (χ0n) is 13.1. The van der Waals surface area contributed by atoms with Gasteiger partial charge < -0.3 is 9.64 Å². The number of hydrogen-bond acceptors (Lipinski definition) is 5. The van der Waals surface area contributed by atoms with Gasteiger partial charge in [-0.3, -0.25) is 14.9 Å².